The molecule has 0 saturated heterocycles. The van der Waals surface area contributed by atoms with Crippen LogP contribution in [-0.2, 0) is 4.79 Å². The maximum atomic E-state index is 12.2. The predicted octanol–water partition coefficient (Wildman–Crippen LogP) is 0.551. The van der Waals surface area contributed by atoms with Crippen molar-refractivity contribution in [2.75, 3.05) is 20.1 Å². The Morgan fingerprint density at radius 3 is 2.68 bits per heavy atom. The highest BCUT2D eigenvalue weighted by Gasteiger charge is 2.18. The Hall–Kier alpha value is -2.42. The van der Waals surface area contributed by atoms with Gasteiger partial charge in [-0.1, -0.05) is 6.92 Å². The second-order valence-electron chi connectivity index (χ2n) is 3.94. The number of aromatic nitrogens is 1. The summed E-state index contributed by atoms with van der Waals surface area (Å²) in [5.74, 6) is -0.537. The van der Waals surface area contributed by atoms with Crippen molar-refractivity contribution in [3.05, 3.63) is 29.6 Å². The standard InChI is InChI=1S/C13H16N4O2/c1-3-6-17(9-12(18)15-2)13(19)11-5-4-10(7-14)8-16-11/h4-5,8H,3,6,9H2,1-2H3,(H,15,18). The van der Waals surface area contributed by atoms with Gasteiger partial charge in [-0.05, 0) is 18.6 Å². The Morgan fingerprint density at radius 1 is 1.47 bits per heavy atom. The number of hydrogen-bond donors (Lipinski definition) is 1. The van der Waals surface area contributed by atoms with E-state index in [9.17, 15) is 9.59 Å². The average Bonchev–Trinajstić information content (AvgIpc) is 2.46. The zero-order valence-corrected chi connectivity index (χ0v) is 11.0. The second kappa shape index (κ2) is 7.11. The Labute approximate surface area is 112 Å². The van der Waals surface area contributed by atoms with Gasteiger partial charge in [-0.25, -0.2) is 4.98 Å². The highest BCUT2D eigenvalue weighted by Crippen LogP contribution is 2.04. The van der Waals surface area contributed by atoms with Crippen LogP contribution in [0.3, 0.4) is 0 Å². The summed E-state index contributed by atoms with van der Waals surface area (Å²) in [5.41, 5.74) is 0.626. The topological polar surface area (TPSA) is 86.1 Å². The molecule has 0 spiro atoms. The molecule has 1 aromatic heterocycles. The van der Waals surface area contributed by atoms with Crippen molar-refractivity contribution < 1.29 is 9.59 Å². The number of nitrogens with one attached hydrogen (secondary N) is 1. The van der Waals surface area contributed by atoms with Gasteiger partial charge in [0.2, 0.25) is 5.91 Å². The van der Waals surface area contributed by atoms with Gasteiger partial charge in [-0.15, -0.1) is 0 Å². The van der Waals surface area contributed by atoms with Crippen LogP contribution in [0.2, 0.25) is 0 Å². The maximum Gasteiger partial charge on any atom is 0.272 e. The van der Waals surface area contributed by atoms with Gasteiger partial charge in [0.1, 0.15) is 11.8 Å². The van der Waals surface area contributed by atoms with Crippen LogP contribution in [0, 0.1) is 11.3 Å². The molecular formula is C13H16N4O2. The van der Waals surface area contributed by atoms with E-state index >= 15 is 0 Å². The molecule has 0 saturated carbocycles. The minimum Gasteiger partial charge on any atom is -0.358 e. The number of hydrogen-bond acceptors (Lipinski definition) is 4. The smallest absolute Gasteiger partial charge is 0.272 e. The van der Waals surface area contributed by atoms with Crippen LogP contribution >= 0.6 is 0 Å². The SMILES string of the molecule is CCCN(CC(=O)NC)C(=O)c1ccc(C#N)cn1. The van der Waals surface area contributed by atoms with Crippen molar-refractivity contribution in [3.8, 4) is 6.07 Å². The average molecular weight is 260 g/mol. The summed E-state index contributed by atoms with van der Waals surface area (Å²) in [7, 11) is 1.52. The molecule has 1 heterocycles. The highest BCUT2D eigenvalue weighted by atomic mass is 16.2. The molecule has 1 N–H and O–H groups in total. The van der Waals surface area contributed by atoms with Gasteiger partial charge >= 0.3 is 0 Å². The summed E-state index contributed by atoms with van der Waals surface area (Å²) >= 11 is 0. The van der Waals surface area contributed by atoms with Crippen LogP contribution in [0.15, 0.2) is 18.3 Å². The van der Waals surface area contributed by atoms with Gasteiger partial charge in [-0.2, -0.15) is 5.26 Å². The second-order valence-corrected chi connectivity index (χ2v) is 3.94. The fourth-order valence-corrected chi connectivity index (χ4v) is 1.52. The van der Waals surface area contributed by atoms with Crippen LogP contribution in [0.5, 0.6) is 0 Å². The number of amides is 2. The molecule has 0 atom stereocenters. The van der Waals surface area contributed by atoms with E-state index in [1.807, 2.05) is 13.0 Å². The van der Waals surface area contributed by atoms with Crippen molar-refractivity contribution in [2.24, 2.45) is 0 Å². The lowest BCUT2D eigenvalue weighted by Crippen LogP contribution is -2.40. The summed E-state index contributed by atoms with van der Waals surface area (Å²) in [6.07, 6.45) is 2.09. The summed E-state index contributed by atoms with van der Waals surface area (Å²) in [6, 6.07) is 4.96. The quantitative estimate of drug-likeness (QED) is 0.837. The van der Waals surface area contributed by atoms with Gasteiger partial charge < -0.3 is 10.2 Å². The van der Waals surface area contributed by atoms with Crippen LogP contribution < -0.4 is 5.32 Å². The van der Waals surface area contributed by atoms with Crippen LogP contribution in [0.1, 0.15) is 29.4 Å². The van der Waals surface area contributed by atoms with Crippen molar-refractivity contribution >= 4 is 11.8 Å². The van der Waals surface area contributed by atoms with Crippen LogP contribution in [-0.4, -0.2) is 41.8 Å². The number of carbonyl (C=O) groups excluding carboxylic acids is 2. The van der Waals surface area contributed by atoms with E-state index in [0.29, 0.717) is 12.1 Å². The molecule has 100 valence electrons. The van der Waals surface area contributed by atoms with Gasteiger partial charge in [0, 0.05) is 19.8 Å². The lowest BCUT2D eigenvalue weighted by atomic mass is 10.2. The first-order valence-corrected chi connectivity index (χ1v) is 5.98. The van der Waals surface area contributed by atoms with E-state index in [1.165, 1.54) is 30.3 Å². The Kier molecular flexibility index (Phi) is 5.48. The molecule has 0 fully saturated rings. The number of pyridine rings is 1. The predicted molar refractivity (Wildman–Crippen MR) is 69.2 cm³/mol. The summed E-state index contributed by atoms with van der Waals surface area (Å²) in [4.78, 5) is 28.9. The Balaban J connectivity index is 2.85. The normalized spacial score (nSPS) is 9.53. The fourth-order valence-electron chi connectivity index (χ4n) is 1.52. The molecule has 0 aromatic carbocycles. The zero-order valence-electron chi connectivity index (χ0n) is 11.0. The molecule has 0 aliphatic carbocycles. The minimum atomic E-state index is -0.310. The third kappa shape index (κ3) is 4.07. The van der Waals surface area contributed by atoms with E-state index in [1.54, 1.807) is 0 Å². The van der Waals surface area contributed by atoms with Crippen LogP contribution in [0.25, 0.3) is 0 Å². The number of likely N-dealkylation sites (N-methyl/N-ethyl adjacent to an activating group) is 1. The van der Waals surface area contributed by atoms with Crippen LogP contribution in [0.4, 0.5) is 0 Å². The first-order chi connectivity index (χ1) is 9.12. The monoisotopic (exact) mass is 260 g/mol. The third-order valence-electron chi connectivity index (χ3n) is 2.51. The number of nitriles is 1. The molecule has 1 aromatic rings. The van der Waals surface area contributed by atoms with E-state index < -0.39 is 0 Å². The molecular weight excluding hydrogens is 244 g/mol. The largest absolute Gasteiger partial charge is 0.358 e. The summed E-state index contributed by atoms with van der Waals surface area (Å²) < 4.78 is 0. The molecule has 19 heavy (non-hydrogen) atoms. The molecule has 0 radical (unpaired) electrons. The molecule has 0 unspecified atom stereocenters. The maximum absolute atomic E-state index is 12.2. The first kappa shape index (κ1) is 14.6. The Bertz CT molecular complexity index is 490. The summed E-state index contributed by atoms with van der Waals surface area (Å²) in [5, 5.41) is 11.2. The molecule has 6 nitrogen and oxygen atoms in total. The van der Waals surface area contributed by atoms with E-state index in [0.717, 1.165) is 6.42 Å². The fraction of sp³-hybridized carbons (Fsp3) is 0.385. The molecule has 2 amide bonds. The first-order valence-electron chi connectivity index (χ1n) is 5.98. The van der Waals surface area contributed by atoms with Crippen molar-refractivity contribution in [1.82, 2.24) is 15.2 Å². The lowest BCUT2D eigenvalue weighted by molar-refractivity contribution is -0.121. The highest BCUT2D eigenvalue weighted by molar-refractivity contribution is 5.94. The lowest BCUT2D eigenvalue weighted by Gasteiger charge is -2.20. The zero-order chi connectivity index (χ0) is 14.3. The van der Waals surface area contributed by atoms with E-state index in [4.69, 9.17) is 5.26 Å². The summed E-state index contributed by atoms with van der Waals surface area (Å²) in [6.45, 7) is 2.41. The van der Waals surface area contributed by atoms with Crippen molar-refractivity contribution in [2.45, 2.75) is 13.3 Å². The molecule has 6 heteroatoms. The Morgan fingerprint density at radius 2 is 2.21 bits per heavy atom. The van der Waals surface area contributed by atoms with Crippen molar-refractivity contribution in [3.63, 3.8) is 0 Å². The van der Waals surface area contributed by atoms with Gasteiger partial charge in [0.05, 0.1) is 12.1 Å². The number of rotatable bonds is 5. The molecule has 0 bridgehead atoms. The van der Waals surface area contributed by atoms with Gasteiger partial charge in [0.25, 0.3) is 5.91 Å². The van der Waals surface area contributed by atoms with Gasteiger partial charge in [-0.3, -0.25) is 9.59 Å². The van der Waals surface area contributed by atoms with Crippen molar-refractivity contribution in [1.29, 1.82) is 5.26 Å². The number of carbonyl (C=O) groups is 2. The van der Waals surface area contributed by atoms with E-state index in [-0.39, 0.29) is 24.1 Å². The minimum absolute atomic E-state index is 0.00482. The van der Waals surface area contributed by atoms with E-state index in [2.05, 4.69) is 10.3 Å². The third-order valence-corrected chi connectivity index (χ3v) is 2.51. The van der Waals surface area contributed by atoms with Gasteiger partial charge in [0.15, 0.2) is 0 Å². The molecule has 0 aliphatic heterocycles. The molecule has 1 rings (SSSR count). The number of nitrogens with zero attached hydrogens (tertiary/aromatic N) is 3. The molecule has 0 aliphatic rings.